The number of aliphatic hydroxyl groups is 1. The Morgan fingerprint density at radius 1 is 0.324 bits per heavy atom. The molecule has 0 radical (unpaired) electrons. The topological polar surface area (TPSA) is 72.8 Å². The SMILES string of the molecule is CC/C=C\C/C=C\C/C=C\C/C=C\C/C=C\C/C=C\C/C=C\C/C=C\CCCCCCC(=O)OC(CO)COC(=O)CCCCCCCCCCCCCCCCCC/C=C\C/C=C\C/C=C\CCCCCCC. The van der Waals surface area contributed by atoms with E-state index in [0.717, 1.165) is 116 Å². The Bertz CT molecular complexity index is 1530. The van der Waals surface area contributed by atoms with Crippen molar-refractivity contribution in [2.24, 2.45) is 0 Å². The van der Waals surface area contributed by atoms with E-state index >= 15 is 0 Å². The summed E-state index contributed by atoms with van der Waals surface area (Å²) in [4.78, 5) is 24.6. The monoisotopic (exact) mass is 1020 g/mol. The zero-order valence-electron chi connectivity index (χ0n) is 48.1. The van der Waals surface area contributed by atoms with E-state index in [9.17, 15) is 14.7 Å². The maximum Gasteiger partial charge on any atom is 0.306 e. The number of aliphatic hydroxyl groups excluding tert-OH is 1. The van der Waals surface area contributed by atoms with Gasteiger partial charge in [-0.3, -0.25) is 9.59 Å². The van der Waals surface area contributed by atoms with Gasteiger partial charge in [0.05, 0.1) is 6.61 Å². The fourth-order valence-corrected chi connectivity index (χ4v) is 8.34. The summed E-state index contributed by atoms with van der Waals surface area (Å²) in [5, 5.41) is 9.67. The molecule has 0 heterocycles. The average Bonchev–Trinajstić information content (AvgIpc) is 3.40. The van der Waals surface area contributed by atoms with Gasteiger partial charge in [-0.2, -0.15) is 0 Å². The number of allylic oxidation sites excluding steroid dienone is 22. The van der Waals surface area contributed by atoms with Crippen molar-refractivity contribution in [1.82, 2.24) is 0 Å². The van der Waals surface area contributed by atoms with Gasteiger partial charge in [0.2, 0.25) is 0 Å². The lowest BCUT2D eigenvalue weighted by Gasteiger charge is -2.15. The smallest absolute Gasteiger partial charge is 0.306 e. The highest BCUT2D eigenvalue weighted by atomic mass is 16.6. The number of unbranched alkanes of at least 4 members (excludes halogenated alkanes) is 25. The van der Waals surface area contributed by atoms with Crippen molar-refractivity contribution in [3.63, 3.8) is 0 Å². The van der Waals surface area contributed by atoms with Gasteiger partial charge < -0.3 is 14.6 Å². The molecule has 0 saturated carbocycles. The van der Waals surface area contributed by atoms with E-state index in [1.165, 1.54) is 128 Å². The molecule has 1 N–H and O–H groups in total. The van der Waals surface area contributed by atoms with E-state index in [1.54, 1.807) is 0 Å². The van der Waals surface area contributed by atoms with Crippen molar-refractivity contribution in [3.05, 3.63) is 134 Å². The fourth-order valence-electron chi connectivity index (χ4n) is 8.34. The van der Waals surface area contributed by atoms with Crippen LogP contribution >= 0.6 is 0 Å². The molecule has 1 unspecified atom stereocenters. The van der Waals surface area contributed by atoms with Crippen LogP contribution in [0.1, 0.15) is 271 Å². The summed E-state index contributed by atoms with van der Waals surface area (Å²) in [7, 11) is 0. The Morgan fingerprint density at radius 3 is 0.878 bits per heavy atom. The molecular weight excluding hydrogens is 909 g/mol. The van der Waals surface area contributed by atoms with E-state index in [0.29, 0.717) is 12.8 Å². The first-order valence-electron chi connectivity index (χ1n) is 30.7. The van der Waals surface area contributed by atoms with Crippen molar-refractivity contribution in [2.45, 2.75) is 277 Å². The van der Waals surface area contributed by atoms with Crippen LogP contribution in [0.2, 0.25) is 0 Å². The molecule has 0 spiro atoms. The molecule has 0 aromatic heterocycles. The molecule has 0 aliphatic rings. The molecular formula is C69H114O5. The normalized spacial score (nSPS) is 13.2. The van der Waals surface area contributed by atoms with E-state index in [-0.39, 0.29) is 25.2 Å². The summed E-state index contributed by atoms with van der Waals surface area (Å²) in [5.41, 5.74) is 0. The largest absolute Gasteiger partial charge is 0.462 e. The molecule has 0 saturated heterocycles. The highest BCUT2D eigenvalue weighted by Crippen LogP contribution is 2.16. The molecule has 1 atom stereocenters. The van der Waals surface area contributed by atoms with Crippen molar-refractivity contribution >= 4 is 11.9 Å². The lowest BCUT2D eigenvalue weighted by Crippen LogP contribution is -2.28. The molecule has 0 aromatic carbocycles. The predicted octanol–water partition coefficient (Wildman–Crippen LogP) is 21.2. The van der Waals surface area contributed by atoms with Gasteiger partial charge in [-0.15, -0.1) is 0 Å². The molecule has 74 heavy (non-hydrogen) atoms. The molecule has 0 aliphatic carbocycles. The van der Waals surface area contributed by atoms with Crippen molar-refractivity contribution in [2.75, 3.05) is 13.2 Å². The van der Waals surface area contributed by atoms with Crippen LogP contribution < -0.4 is 0 Å². The lowest BCUT2D eigenvalue weighted by molar-refractivity contribution is -0.161. The van der Waals surface area contributed by atoms with Gasteiger partial charge in [-0.05, 0) is 116 Å². The number of carbonyl (C=O) groups excluding carboxylic acids is 2. The van der Waals surface area contributed by atoms with Crippen LogP contribution in [0, 0.1) is 0 Å². The van der Waals surface area contributed by atoms with E-state index < -0.39 is 6.10 Å². The summed E-state index contributed by atoms with van der Waals surface area (Å²) in [5.74, 6) is -0.622. The van der Waals surface area contributed by atoms with E-state index in [4.69, 9.17) is 9.47 Å². The van der Waals surface area contributed by atoms with Gasteiger partial charge in [0.25, 0.3) is 0 Å². The zero-order valence-corrected chi connectivity index (χ0v) is 48.1. The Hall–Kier alpha value is -3.96. The summed E-state index contributed by atoms with van der Waals surface area (Å²) in [6, 6.07) is 0. The molecule has 0 amide bonds. The van der Waals surface area contributed by atoms with E-state index in [1.807, 2.05) is 0 Å². The Morgan fingerprint density at radius 2 is 0.581 bits per heavy atom. The summed E-state index contributed by atoms with van der Waals surface area (Å²) in [6.07, 6.45) is 94.3. The number of ether oxygens (including phenoxy) is 2. The minimum Gasteiger partial charge on any atom is -0.462 e. The highest BCUT2D eigenvalue weighted by Gasteiger charge is 2.16. The second kappa shape index (κ2) is 63.3. The highest BCUT2D eigenvalue weighted by molar-refractivity contribution is 5.70. The van der Waals surface area contributed by atoms with Crippen molar-refractivity contribution < 1.29 is 24.2 Å². The van der Waals surface area contributed by atoms with Crippen LogP contribution in [0.15, 0.2) is 134 Å². The Labute approximate surface area is 457 Å². The first-order valence-corrected chi connectivity index (χ1v) is 30.7. The number of hydrogen-bond donors (Lipinski definition) is 1. The van der Waals surface area contributed by atoms with Crippen LogP contribution in [0.5, 0.6) is 0 Å². The first kappa shape index (κ1) is 70.0. The Balaban J connectivity index is 3.57. The molecule has 0 aromatic rings. The second-order valence-electron chi connectivity index (χ2n) is 20.0. The maximum absolute atomic E-state index is 12.3. The molecule has 0 fully saturated rings. The summed E-state index contributed by atoms with van der Waals surface area (Å²) < 4.78 is 10.7. The molecule has 420 valence electrons. The van der Waals surface area contributed by atoms with Crippen LogP contribution in [0.3, 0.4) is 0 Å². The van der Waals surface area contributed by atoms with Crippen molar-refractivity contribution in [3.8, 4) is 0 Å². The maximum atomic E-state index is 12.3. The van der Waals surface area contributed by atoms with Gasteiger partial charge in [0, 0.05) is 12.8 Å². The Kier molecular flexibility index (Phi) is 59.9. The molecule has 0 rings (SSSR count). The third kappa shape index (κ3) is 60.6. The van der Waals surface area contributed by atoms with Crippen LogP contribution in [0.25, 0.3) is 0 Å². The minimum absolute atomic E-state index is 0.0834. The molecule has 5 nitrogen and oxygen atoms in total. The molecule has 0 bridgehead atoms. The number of rotatable bonds is 55. The quantitative estimate of drug-likeness (QED) is 0.0373. The molecule has 0 aliphatic heterocycles. The third-order valence-electron chi connectivity index (χ3n) is 12.9. The zero-order chi connectivity index (χ0) is 53.4. The van der Waals surface area contributed by atoms with Gasteiger partial charge in [-0.25, -0.2) is 0 Å². The number of esters is 2. The standard InChI is InChI=1S/C69H114O5/c1-3-5-7-9-11-13-15-17-19-21-23-25-27-29-31-33-34-36-37-39-41-43-45-47-49-51-53-55-57-59-61-63-68(71)73-66-67(65-70)74-69(72)64-62-60-58-56-54-52-50-48-46-44-42-40-38-35-32-30-28-26-24-22-20-18-16-14-12-10-8-6-4-2/h6,8,12,14-15,17-18,20-21,23-24,26-27,29-30,32,38,40,44,46,50,52,67,70H,3-5,7,9-11,13,16,19,22,25,28,31,33-37,39,41-43,45,47-49,51,53-66H2,1-2H3/b8-6-,14-12-,17-15-,20-18-,23-21-,26-24-,29-27-,32-30-,40-38-,46-44-,52-50-. The minimum atomic E-state index is -0.796. The summed E-state index contributed by atoms with van der Waals surface area (Å²) >= 11 is 0. The van der Waals surface area contributed by atoms with E-state index in [2.05, 4.69) is 148 Å². The third-order valence-corrected chi connectivity index (χ3v) is 12.9. The predicted molar refractivity (Wildman–Crippen MR) is 324 cm³/mol. The van der Waals surface area contributed by atoms with Gasteiger partial charge in [-0.1, -0.05) is 276 Å². The summed E-state index contributed by atoms with van der Waals surface area (Å²) in [6.45, 7) is 4.00. The van der Waals surface area contributed by atoms with Gasteiger partial charge in [0.15, 0.2) is 6.10 Å². The first-order chi connectivity index (χ1) is 36.6. The van der Waals surface area contributed by atoms with Gasteiger partial charge >= 0.3 is 11.9 Å². The molecule has 5 heteroatoms. The van der Waals surface area contributed by atoms with Crippen LogP contribution in [0.4, 0.5) is 0 Å². The van der Waals surface area contributed by atoms with Gasteiger partial charge in [0.1, 0.15) is 6.61 Å². The van der Waals surface area contributed by atoms with Crippen LogP contribution in [-0.4, -0.2) is 36.4 Å². The lowest BCUT2D eigenvalue weighted by atomic mass is 10.0. The van der Waals surface area contributed by atoms with Crippen molar-refractivity contribution in [1.29, 1.82) is 0 Å². The average molecular weight is 1020 g/mol. The number of hydrogen-bond acceptors (Lipinski definition) is 5. The fraction of sp³-hybridized carbons (Fsp3) is 0.652. The van der Waals surface area contributed by atoms with Crippen LogP contribution in [-0.2, 0) is 19.1 Å². The number of carbonyl (C=O) groups is 2. The second-order valence-corrected chi connectivity index (χ2v) is 20.0.